The molecule has 0 spiro atoms. The number of nitrogens with zero attached hydrogens (tertiary/aromatic N) is 6. The molecule has 0 N–H and O–H groups in total. The molecule has 0 aliphatic rings. The van der Waals surface area contributed by atoms with Crippen LogP contribution in [0.3, 0.4) is 0 Å². The van der Waals surface area contributed by atoms with Crippen molar-refractivity contribution >= 4 is 63.7 Å². The predicted octanol–water partition coefficient (Wildman–Crippen LogP) is 11.1. The standard InChI is InChI=1S/C36H20Br4N6/c37-27-13-5-21(6-14-27)31-33(23-9-17-29(39)18-10-23)43-45-35(41-31)25-1-2-26(4-3-25)36-42-32(22-7-15-28(38)16-8-22)34(44-46-36)24-11-19-30(40)20-12-24/h1-20H. The van der Waals surface area contributed by atoms with Crippen LogP contribution in [0.15, 0.2) is 139 Å². The molecule has 2 aromatic heterocycles. The number of hydrogen-bond acceptors (Lipinski definition) is 6. The van der Waals surface area contributed by atoms with Gasteiger partial charge in [0.15, 0.2) is 11.6 Å². The molecule has 0 atom stereocenters. The van der Waals surface area contributed by atoms with Crippen molar-refractivity contribution in [2.24, 2.45) is 0 Å². The van der Waals surface area contributed by atoms with Crippen LogP contribution < -0.4 is 0 Å². The average molecular weight is 856 g/mol. The summed E-state index contributed by atoms with van der Waals surface area (Å²) in [6.45, 7) is 0. The van der Waals surface area contributed by atoms with Crippen LogP contribution in [0.5, 0.6) is 0 Å². The zero-order chi connectivity index (χ0) is 31.6. The molecule has 0 saturated carbocycles. The molecular weight excluding hydrogens is 836 g/mol. The Morgan fingerprint density at radius 3 is 0.783 bits per heavy atom. The summed E-state index contributed by atoms with van der Waals surface area (Å²) in [5.41, 5.74) is 8.32. The lowest BCUT2D eigenvalue weighted by Gasteiger charge is -2.11. The summed E-state index contributed by atoms with van der Waals surface area (Å²) in [5, 5.41) is 18.4. The van der Waals surface area contributed by atoms with E-state index in [0.29, 0.717) is 23.0 Å². The second-order valence-electron chi connectivity index (χ2n) is 10.3. The molecule has 7 aromatic rings. The van der Waals surface area contributed by atoms with E-state index in [9.17, 15) is 0 Å². The van der Waals surface area contributed by atoms with Crippen molar-refractivity contribution in [2.45, 2.75) is 0 Å². The highest BCUT2D eigenvalue weighted by Crippen LogP contribution is 2.34. The van der Waals surface area contributed by atoms with Gasteiger partial charge in [-0.05, 0) is 48.5 Å². The normalized spacial score (nSPS) is 11.0. The van der Waals surface area contributed by atoms with Crippen LogP contribution in [0.1, 0.15) is 0 Å². The maximum Gasteiger partial charge on any atom is 0.182 e. The van der Waals surface area contributed by atoms with Gasteiger partial charge in [-0.15, -0.1) is 20.4 Å². The number of halogens is 4. The molecule has 0 bridgehead atoms. The van der Waals surface area contributed by atoms with E-state index in [1.165, 1.54) is 0 Å². The fourth-order valence-corrected chi connectivity index (χ4v) is 5.94. The fourth-order valence-electron chi connectivity index (χ4n) is 4.89. The van der Waals surface area contributed by atoms with E-state index >= 15 is 0 Å². The quantitative estimate of drug-likeness (QED) is 0.166. The topological polar surface area (TPSA) is 77.3 Å². The number of rotatable bonds is 6. The minimum atomic E-state index is 0.519. The van der Waals surface area contributed by atoms with Crippen LogP contribution >= 0.6 is 63.7 Å². The first-order valence-electron chi connectivity index (χ1n) is 14.1. The molecule has 6 nitrogen and oxygen atoms in total. The molecule has 46 heavy (non-hydrogen) atoms. The highest BCUT2D eigenvalue weighted by atomic mass is 79.9. The summed E-state index contributed by atoms with van der Waals surface area (Å²) in [5.74, 6) is 1.04. The highest BCUT2D eigenvalue weighted by molar-refractivity contribution is 9.11. The minimum Gasteiger partial charge on any atom is -0.224 e. The molecular formula is C36H20Br4N6. The van der Waals surface area contributed by atoms with Crippen LogP contribution in [0.4, 0.5) is 0 Å². The third-order valence-electron chi connectivity index (χ3n) is 7.25. The first-order chi connectivity index (χ1) is 22.4. The monoisotopic (exact) mass is 852 g/mol. The summed E-state index contributed by atoms with van der Waals surface area (Å²) >= 11 is 14.1. The first kappa shape index (κ1) is 30.7. The smallest absolute Gasteiger partial charge is 0.182 e. The van der Waals surface area contributed by atoms with E-state index in [4.69, 9.17) is 9.97 Å². The summed E-state index contributed by atoms with van der Waals surface area (Å²) < 4.78 is 3.96. The van der Waals surface area contributed by atoms with E-state index in [1.54, 1.807) is 0 Å². The molecule has 0 saturated heterocycles. The van der Waals surface area contributed by atoms with E-state index in [-0.39, 0.29) is 0 Å². The van der Waals surface area contributed by atoms with Gasteiger partial charge in [0.25, 0.3) is 0 Å². The van der Waals surface area contributed by atoms with Crippen molar-refractivity contribution in [1.29, 1.82) is 0 Å². The molecule has 222 valence electrons. The van der Waals surface area contributed by atoms with Gasteiger partial charge in [-0.2, -0.15) is 0 Å². The van der Waals surface area contributed by atoms with Crippen molar-refractivity contribution in [1.82, 2.24) is 30.4 Å². The number of hydrogen-bond donors (Lipinski definition) is 0. The predicted molar refractivity (Wildman–Crippen MR) is 197 cm³/mol. The molecule has 0 radical (unpaired) electrons. The molecule has 2 heterocycles. The first-order valence-corrected chi connectivity index (χ1v) is 17.2. The lowest BCUT2D eigenvalue weighted by molar-refractivity contribution is 0.987. The Kier molecular flexibility index (Phi) is 8.95. The Hall–Kier alpha value is -3.96. The third-order valence-corrected chi connectivity index (χ3v) is 9.36. The van der Waals surface area contributed by atoms with Gasteiger partial charge in [-0.1, -0.05) is 137 Å². The molecule has 0 amide bonds. The van der Waals surface area contributed by atoms with Gasteiger partial charge in [0.1, 0.15) is 22.8 Å². The lowest BCUT2D eigenvalue weighted by Crippen LogP contribution is -2.01. The van der Waals surface area contributed by atoms with Crippen LogP contribution in [-0.4, -0.2) is 30.4 Å². The Morgan fingerprint density at radius 1 is 0.261 bits per heavy atom. The van der Waals surface area contributed by atoms with Crippen molar-refractivity contribution in [2.75, 3.05) is 0 Å². The molecule has 5 aromatic carbocycles. The maximum absolute atomic E-state index is 5.00. The van der Waals surface area contributed by atoms with Crippen molar-refractivity contribution in [3.8, 4) is 67.8 Å². The number of benzene rings is 5. The highest BCUT2D eigenvalue weighted by Gasteiger charge is 2.17. The maximum atomic E-state index is 5.00. The van der Waals surface area contributed by atoms with Crippen LogP contribution in [0, 0.1) is 0 Å². The Morgan fingerprint density at radius 2 is 0.500 bits per heavy atom. The average Bonchev–Trinajstić information content (AvgIpc) is 3.09. The Bertz CT molecular complexity index is 2000. The third kappa shape index (κ3) is 6.62. The van der Waals surface area contributed by atoms with E-state index in [2.05, 4.69) is 84.1 Å². The Labute approximate surface area is 298 Å². The molecule has 0 aliphatic carbocycles. The second-order valence-corrected chi connectivity index (χ2v) is 13.9. The summed E-state index contributed by atoms with van der Waals surface area (Å²) in [7, 11) is 0. The van der Waals surface area contributed by atoms with Gasteiger partial charge in [0.2, 0.25) is 0 Å². The van der Waals surface area contributed by atoms with Gasteiger partial charge in [0, 0.05) is 51.3 Å². The van der Waals surface area contributed by atoms with Gasteiger partial charge < -0.3 is 0 Å². The largest absolute Gasteiger partial charge is 0.224 e. The molecule has 0 aliphatic heterocycles. The van der Waals surface area contributed by atoms with Crippen molar-refractivity contribution in [3.63, 3.8) is 0 Å². The van der Waals surface area contributed by atoms with Gasteiger partial charge in [-0.3, -0.25) is 0 Å². The van der Waals surface area contributed by atoms with Gasteiger partial charge >= 0.3 is 0 Å². The van der Waals surface area contributed by atoms with Gasteiger partial charge in [-0.25, -0.2) is 9.97 Å². The van der Waals surface area contributed by atoms with Crippen LogP contribution in [-0.2, 0) is 0 Å². The minimum absolute atomic E-state index is 0.519. The summed E-state index contributed by atoms with van der Waals surface area (Å²) in [4.78, 5) is 10.0. The summed E-state index contributed by atoms with van der Waals surface area (Å²) in [6, 6.07) is 39.9. The van der Waals surface area contributed by atoms with E-state index < -0.39 is 0 Å². The molecule has 10 heteroatoms. The zero-order valence-corrected chi connectivity index (χ0v) is 30.1. The van der Waals surface area contributed by atoms with Crippen LogP contribution in [0.2, 0.25) is 0 Å². The Balaban J connectivity index is 1.27. The summed E-state index contributed by atoms with van der Waals surface area (Å²) in [6.07, 6.45) is 0. The van der Waals surface area contributed by atoms with Gasteiger partial charge in [0.05, 0.1) is 0 Å². The van der Waals surface area contributed by atoms with Crippen molar-refractivity contribution < 1.29 is 0 Å². The lowest BCUT2D eigenvalue weighted by atomic mass is 10.0. The van der Waals surface area contributed by atoms with E-state index in [1.807, 2.05) is 121 Å². The van der Waals surface area contributed by atoms with E-state index in [0.717, 1.165) is 62.7 Å². The molecule has 0 unspecified atom stereocenters. The zero-order valence-electron chi connectivity index (χ0n) is 23.7. The molecule has 7 rings (SSSR count). The molecule has 0 fully saturated rings. The number of aromatic nitrogens is 6. The SMILES string of the molecule is Brc1ccc(-c2nnc(-c3ccc(-c4nnc(-c5ccc(Br)cc5)c(-c5ccc(Br)cc5)n4)cc3)nc2-c2ccc(Br)cc2)cc1. The fraction of sp³-hybridized carbons (Fsp3) is 0. The van der Waals surface area contributed by atoms with Crippen molar-refractivity contribution in [3.05, 3.63) is 139 Å². The van der Waals surface area contributed by atoms with Crippen LogP contribution in [0.25, 0.3) is 67.8 Å². The second kappa shape index (κ2) is 13.4.